The topological polar surface area (TPSA) is 53.5 Å². The number of alkyl halides is 3. The maximum Gasteiger partial charge on any atom is 0.416 e. The predicted octanol–water partition coefficient (Wildman–Crippen LogP) is 4.25. The SMILES string of the molecule is CN1C(=O)[C@@H]2[C@H](C1=O)[C@@H]1CCCCN1[C@H]2/C=C/c1ccc(-c2cccc(C(F)(F)F)c2)cn1. The van der Waals surface area contributed by atoms with Crippen LogP contribution >= 0.6 is 0 Å². The smallest absolute Gasteiger partial charge is 0.292 e. The first kappa shape index (κ1) is 21.8. The van der Waals surface area contributed by atoms with E-state index in [1.807, 2.05) is 12.2 Å². The lowest BCUT2D eigenvalue weighted by Crippen LogP contribution is -2.45. The molecule has 3 saturated heterocycles. The van der Waals surface area contributed by atoms with Crippen LogP contribution in [0.4, 0.5) is 13.2 Å². The van der Waals surface area contributed by atoms with Crippen LogP contribution in [0.2, 0.25) is 0 Å². The molecule has 4 heterocycles. The molecule has 5 nitrogen and oxygen atoms in total. The summed E-state index contributed by atoms with van der Waals surface area (Å²) >= 11 is 0. The quantitative estimate of drug-likeness (QED) is 0.650. The molecule has 0 N–H and O–H groups in total. The number of halogens is 3. The summed E-state index contributed by atoms with van der Waals surface area (Å²) < 4.78 is 39.0. The molecule has 2 aromatic rings. The van der Waals surface area contributed by atoms with Crippen LogP contribution in [-0.2, 0) is 15.8 Å². The molecule has 33 heavy (non-hydrogen) atoms. The summed E-state index contributed by atoms with van der Waals surface area (Å²) in [5.74, 6) is -0.858. The molecular weight excluding hydrogens is 431 g/mol. The molecule has 4 atom stereocenters. The lowest BCUT2D eigenvalue weighted by molar-refractivity contribution is -0.140. The Morgan fingerprint density at radius 3 is 2.55 bits per heavy atom. The summed E-state index contributed by atoms with van der Waals surface area (Å²) in [6.45, 7) is 0.860. The second kappa shape index (κ2) is 8.09. The Morgan fingerprint density at radius 1 is 1.03 bits per heavy atom. The van der Waals surface area contributed by atoms with Gasteiger partial charge in [0.15, 0.2) is 0 Å². The van der Waals surface area contributed by atoms with Crippen molar-refractivity contribution in [3.63, 3.8) is 0 Å². The molecule has 3 fully saturated rings. The largest absolute Gasteiger partial charge is 0.416 e. The van der Waals surface area contributed by atoms with Gasteiger partial charge in [0, 0.05) is 30.9 Å². The number of carbonyl (C=O) groups is 2. The Hall–Kier alpha value is -3.00. The maximum absolute atomic E-state index is 13.0. The number of pyridine rings is 1. The highest BCUT2D eigenvalue weighted by Crippen LogP contribution is 2.46. The number of likely N-dealkylation sites (tertiary alicyclic amines) is 1. The van der Waals surface area contributed by atoms with Crippen molar-refractivity contribution in [2.45, 2.75) is 37.5 Å². The van der Waals surface area contributed by atoms with E-state index < -0.39 is 11.7 Å². The number of aromatic nitrogens is 1. The molecule has 5 rings (SSSR count). The Morgan fingerprint density at radius 2 is 1.82 bits per heavy atom. The average Bonchev–Trinajstić information content (AvgIpc) is 3.26. The number of hydrogen-bond acceptors (Lipinski definition) is 4. The number of benzene rings is 1. The standard InChI is InChI=1S/C25H24F3N3O2/c1-30-23(32)21-19-7-2-3-12-31(19)20(22(21)24(30)33)11-10-18-9-8-16(14-29-18)15-5-4-6-17(13-15)25(26,27)28/h4-6,8-11,13-14,19-22H,2-3,7,12H2,1H3/b11-10+/t19-,20-,21+,22-/m0/s1. The summed E-state index contributed by atoms with van der Waals surface area (Å²) in [5, 5.41) is 0. The number of rotatable bonds is 3. The van der Waals surface area contributed by atoms with E-state index >= 15 is 0 Å². The van der Waals surface area contributed by atoms with Gasteiger partial charge < -0.3 is 0 Å². The second-order valence-corrected chi connectivity index (χ2v) is 8.99. The van der Waals surface area contributed by atoms with Gasteiger partial charge in [-0.3, -0.25) is 24.4 Å². The van der Waals surface area contributed by atoms with Crippen molar-refractivity contribution in [2.75, 3.05) is 13.6 Å². The first-order chi connectivity index (χ1) is 15.8. The fourth-order valence-corrected chi connectivity index (χ4v) is 5.54. The number of carbonyl (C=O) groups excluding carboxylic acids is 2. The van der Waals surface area contributed by atoms with E-state index in [0.29, 0.717) is 16.8 Å². The molecule has 0 bridgehead atoms. The molecular formula is C25H24F3N3O2. The maximum atomic E-state index is 13.0. The average molecular weight is 455 g/mol. The Labute approximate surface area is 189 Å². The van der Waals surface area contributed by atoms with Gasteiger partial charge in [0.1, 0.15) is 0 Å². The van der Waals surface area contributed by atoms with Crippen LogP contribution in [0.5, 0.6) is 0 Å². The minimum Gasteiger partial charge on any atom is -0.292 e. The van der Waals surface area contributed by atoms with Gasteiger partial charge in [0.05, 0.1) is 23.1 Å². The minimum atomic E-state index is -4.40. The third-order valence-corrected chi connectivity index (χ3v) is 7.15. The van der Waals surface area contributed by atoms with Crippen molar-refractivity contribution >= 4 is 17.9 Å². The van der Waals surface area contributed by atoms with Gasteiger partial charge in [0.25, 0.3) is 0 Å². The van der Waals surface area contributed by atoms with Gasteiger partial charge in [-0.1, -0.05) is 30.7 Å². The predicted molar refractivity (Wildman–Crippen MR) is 117 cm³/mol. The molecule has 2 amide bonds. The van der Waals surface area contributed by atoms with Gasteiger partial charge in [0.2, 0.25) is 11.8 Å². The van der Waals surface area contributed by atoms with E-state index in [9.17, 15) is 22.8 Å². The first-order valence-corrected chi connectivity index (χ1v) is 11.1. The van der Waals surface area contributed by atoms with Crippen molar-refractivity contribution in [3.05, 3.63) is 59.9 Å². The van der Waals surface area contributed by atoms with Gasteiger partial charge in [-0.15, -0.1) is 0 Å². The van der Waals surface area contributed by atoms with Crippen molar-refractivity contribution in [2.24, 2.45) is 11.8 Å². The number of imide groups is 1. The second-order valence-electron chi connectivity index (χ2n) is 8.99. The Balaban J connectivity index is 1.38. The van der Waals surface area contributed by atoms with E-state index in [2.05, 4.69) is 9.88 Å². The Kier molecular flexibility index (Phi) is 5.35. The zero-order chi connectivity index (χ0) is 23.3. The first-order valence-electron chi connectivity index (χ1n) is 11.1. The fraction of sp³-hybridized carbons (Fsp3) is 0.400. The fourth-order valence-electron chi connectivity index (χ4n) is 5.54. The summed E-state index contributed by atoms with van der Waals surface area (Å²) in [5.41, 5.74) is 0.985. The molecule has 3 aliphatic heterocycles. The van der Waals surface area contributed by atoms with Crippen molar-refractivity contribution in [1.29, 1.82) is 0 Å². The summed E-state index contributed by atoms with van der Waals surface area (Å²) in [7, 11) is 1.56. The molecule has 8 heteroatoms. The van der Waals surface area contributed by atoms with Gasteiger partial charge in [-0.2, -0.15) is 13.2 Å². The zero-order valence-corrected chi connectivity index (χ0v) is 18.1. The van der Waals surface area contributed by atoms with E-state index in [-0.39, 0.29) is 35.7 Å². The summed E-state index contributed by atoms with van der Waals surface area (Å²) in [6.07, 6.45) is 3.97. The highest BCUT2D eigenvalue weighted by Gasteiger charge is 2.60. The monoisotopic (exact) mass is 455 g/mol. The highest BCUT2D eigenvalue weighted by atomic mass is 19.4. The number of nitrogens with zero attached hydrogens (tertiary/aromatic N) is 3. The molecule has 0 saturated carbocycles. The van der Waals surface area contributed by atoms with Crippen LogP contribution in [0.1, 0.15) is 30.5 Å². The summed E-state index contributed by atoms with van der Waals surface area (Å²) in [4.78, 5) is 33.5. The van der Waals surface area contributed by atoms with E-state index in [1.54, 1.807) is 31.4 Å². The third kappa shape index (κ3) is 3.76. The van der Waals surface area contributed by atoms with Crippen LogP contribution in [0.25, 0.3) is 17.2 Å². The lowest BCUT2D eigenvalue weighted by atomic mass is 9.87. The molecule has 0 aliphatic carbocycles. The van der Waals surface area contributed by atoms with Crippen LogP contribution < -0.4 is 0 Å². The summed E-state index contributed by atoms with van der Waals surface area (Å²) in [6, 6.07) is 8.58. The molecule has 0 unspecified atom stereocenters. The number of amides is 2. The third-order valence-electron chi connectivity index (χ3n) is 7.15. The molecule has 0 spiro atoms. The van der Waals surface area contributed by atoms with Crippen LogP contribution in [0.3, 0.4) is 0 Å². The Bertz CT molecular complexity index is 1110. The van der Waals surface area contributed by atoms with Crippen molar-refractivity contribution in [1.82, 2.24) is 14.8 Å². The highest BCUT2D eigenvalue weighted by molar-refractivity contribution is 6.06. The number of piperidine rings is 1. The van der Waals surface area contributed by atoms with Crippen LogP contribution in [-0.4, -0.2) is 52.3 Å². The van der Waals surface area contributed by atoms with Gasteiger partial charge >= 0.3 is 6.18 Å². The molecule has 1 aromatic carbocycles. The number of fused-ring (bicyclic) bond motifs is 3. The molecule has 0 radical (unpaired) electrons. The number of hydrogen-bond donors (Lipinski definition) is 0. The van der Waals surface area contributed by atoms with Gasteiger partial charge in [-0.05, 0) is 49.2 Å². The van der Waals surface area contributed by atoms with Gasteiger partial charge in [-0.25, -0.2) is 0 Å². The minimum absolute atomic E-state index is 0.0821. The van der Waals surface area contributed by atoms with Crippen LogP contribution in [0, 0.1) is 11.8 Å². The van der Waals surface area contributed by atoms with E-state index in [1.165, 1.54) is 11.0 Å². The van der Waals surface area contributed by atoms with Crippen molar-refractivity contribution < 1.29 is 22.8 Å². The molecule has 172 valence electrons. The van der Waals surface area contributed by atoms with E-state index in [4.69, 9.17) is 0 Å². The van der Waals surface area contributed by atoms with Crippen LogP contribution in [0.15, 0.2) is 48.7 Å². The molecule has 3 aliphatic rings. The van der Waals surface area contributed by atoms with E-state index in [0.717, 1.165) is 37.9 Å². The molecule has 1 aromatic heterocycles. The lowest BCUT2D eigenvalue weighted by Gasteiger charge is -2.35. The zero-order valence-electron chi connectivity index (χ0n) is 18.1. The normalized spacial score (nSPS) is 27.9. The van der Waals surface area contributed by atoms with Crippen molar-refractivity contribution in [3.8, 4) is 11.1 Å².